The van der Waals surface area contributed by atoms with Gasteiger partial charge < -0.3 is 19.7 Å². The highest BCUT2D eigenvalue weighted by molar-refractivity contribution is 7.80. The van der Waals surface area contributed by atoms with Gasteiger partial charge in [-0.25, -0.2) is 0 Å². The van der Waals surface area contributed by atoms with E-state index in [1.807, 2.05) is 18.7 Å². The molecule has 29 heavy (non-hydrogen) atoms. The molecule has 0 spiro atoms. The van der Waals surface area contributed by atoms with Gasteiger partial charge in [-0.1, -0.05) is 6.92 Å². The average Bonchev–Trinajstić information content (AvgIpc) is 2.69. The van der Waals surface area contributed by atoms with E-state index in [0.29, 0.717) is 41.6 Å². The lowest BCUT2D eigenvalue weighted by molar-refractivity contribution is -0.385. The minimum atomic E-state index is -0.691. The molecule has 2 aliphatic rings. The van der Waals surface area contributed by atoms with Crippen molar-refractivity contribution in [3.8, 4) is 11.5 Å². The van der Waals surface area contributed by atoms with E-state index in [2.05, 4.69) is 5.32 Å². The minimum absolute atomic E-state index is 0.00423. The van der Waals surface area contributed by atoms with Crippen molar-refractivity contribution in [2.45, 2.75) is 45.6 Å². The molecule has 3 rings (SSSR count). The number of carbonyl (C=O) groups excluding carboxylic acids is 1. The highest BCUT2D eigenvalue weighted by Gasteiger charge is 2.40. The van der Waals surface area contributed by atoms with E-state index < -0.39 is 11.0 Å². The third kappa shape index (κ3) is 3.91. The Labute approximate surface area is 175 Å². The first-order valence-electron chi connectivity index (χ1n) is 9.76. The predicted molar refractivity (Wildman–Crippen MR) is 112 cm³/mol. The second-order valence-corrected chi connectivity index (χ2v) is 7.31. The Balaban J connectivity index is 2.21. The summed E-state index contributed by atoms with van der Waals surface area (Å²) in [6.07, 6.45) is 2.77. The third-order valence-electron chi connectivity index (χ3n) is 5.12. The average molecular weight is 420 g/mol. The van der Waals surface area contributed by atoms with Crippen LogP contribution in [0.5, 0.6) is 11.5 Å². The second-order valence-electron chi connectivity index (χ2n) is 6.92. The summed E-state index contributed by atoms with van der Waals surface area (Å²) in [6, 6.07) is 2.24. The summed E-state index contributed by atoms with van der Waals surface area (Å²) < 4.78 is 10.9. The van der Waals surface area contributed by atoms with Crippen LogP contribution in [0, 0.1) is 10.1 Å². The number of nitrogens with zero attached hydrogens (tertiary/aromatic N) is 2. The van der Waals surface area contributed by atoms with Crippen molar-refractivity contribution in [3.63, 3.8) is 0 Å². The van der Waals surface area contributed by atoms with Crippen molar-refractivity contribution in [1.29, 1.82) is 0 Å². The van der Waals surface area contributed by atoms with Gasteiger partial charge >= 0.3 is 0 Å². The van der Waals surface area contributed by atoms with Crippen LogP contribution in [-0.4, -0.2) is 41.0 Å². The van der Waals surface area contributed by atoms with Crippen molar-refractivity contribution in [2.75, 3.05) is 20.3 Å². The summed E-state index contributed by atoms with van der Waals surface area (Å²) in [7, 11) is 1.43. The van der Waals surface area contributed by atoms with Crippen LogP contribution in [0.1, 0.15) is 51.1 Å². The van der Waals surface area contributed by atoms with Crippen LogP contribution >= 0.6 is 12.2 Å². The molecule has 0 amide bonds. The molecule has 1 aliphatic carbocycles. The van der Waals surface area contributed by atoms with Gasteiger partial charge in [0.15, 0.2) is 22.4 Å². The summed E-state index contributed by atoms with van der Waals surface area (Å²) in [4.78, 5) is 26.2. The zero-order chi connectivity index (χ0) is 21.1. The summed E-state index contributed by atoms with van der Waals surface area (Å²) in [5, 5.41) is 15.5. The Morgan fingerprint density at radius 3 is 2.69 bits per heavy atom. The van der Waals surface area contributed by atoms with Gasteiger partial charge in [0.2, 0.25) is 0 Å². The van der Waals surface area contributed by atoms with Crippen molar-refractivity contribution >= 4 is 28.8 Å². The number of carbonyl (C=O) groups is 1. The molecule has 1 heterocycles. The van der Waals surface area contributed by atoms with Gasteiger partial charge in [0.1, 0.15) is 0 Å². The summed E-state index contributed by atoms with van der Waals surface area (Å²) in [6.45, 7) is 4.94. The number of nitro benzene ring substituents is 1. The lowest BCUT2D eigenvalue weighted by Crippen LogP contribution is -2.49. The molecular formula is C20H25N3O5S. The Kier molecular flexibility index (Phi) is 6.36. The number of ketones is 1. The number of benzene rings is 1. The van der Waals surface area contributed by atoms with Crippen LogP contribution < -0.4 is 14.8 Å². The molecule has 0 fully saturated rings. The van der Waals surface area contributed by atoms with Gasteiger partial charge in [0, 0.05) is 24.2 Å². The van der Waals surface area contributed by atoms with Crippen LogP contribution in [0.25, 0.3) is 0 Å². The number of rotatable bonds is 7. The highest BCUT2D eigenvalue weighted by atomic mass is 32.1. The molecule has 0 saturated carbocycles. The fourth-order valence-corrected chi connectivity index (χ4v) is 4.25. The molecule has 8 nitrogen and oxygen atoms in total. The molecule has 1 atom stereocenters. The van der Waals surface area contributed by atoms with E-state index >= 15 is 0 Å². The molecule has 156 valence electrons. The molecule has 1 unspecified atom stereocenters. The quantitative estimate of drug-likeness (QED) is 0.407. The zero-order valence-corrected chi connectivity index (χ0v) is 17.6. The number of hydrogen-bond acceptors (Lipinski definition) is 6. The summed E-state index contributed by atoms with van der Waals surface area (Å²) in [5.41, 5.74) is 1.65. The van der Waals surface area contributed by atoms with E-state index in [9.17, 15) is 14.9 Å². The molecule has 1 aromatic carbocycles. The summed E-state index contributed by atoms with van der Waals surface area (Å²) in [5.74, 6) is 0.664. The van der Waals surface area contributed by atoms with Crippen molar-refractivity contribution in [1.82, 2.24) is 10.2 Å². The van der Waals surface area contributed by atoms with Gasteiger partial charge in [-0.3, -0.25) is 14.9 Å². The molecule has 0 bridgehead atoms. The van der Waals surface area contributed by atoms with Crippen LogP contribution in [0.3, 0.4) is 0 Å². The summed E-state index contributed by atoms with van der Waals surface area (Å²) >= 11 is 5.56. The van der Waals surface area contributed by atoms with Gasteiger partial charge in [0.05, 0.1) is 36.3 Å². The van der Waals surface area contributed by atoms with Crippen molar-refractivity contribution in [3.05, 3.63) is 39.1 Å². The topological polar surface area (TPSA) is 93.9 Å². The van der Waals surface area contributed by atoms with Crippen molar-refractivity contribution < 1.29 is 19.2 Å². The molecule has 0 saturated heterocycles. The lowest BCUT2D eigenvalue weighted by Gasteiger charge is -2.40. The minimum Gasteiger partial charge on any atom is -0.493 e. The SMILES string of the molecule is CCCN1C(=S)NC(c2cc(OCC)c(OC)cc2[N+](=O)[O-])C2=C1CCCC2=O. The smallest absolute Gasteiger partial charge is 0.279 e. The molecule has 0 radical (unpaired) electrons. The maximum Gasteiger partial charge on any atom is 0.279 e. The fraction of sp³-hybridized carbons (Fsp3) is 0.500. The molecular weight excluding hydrogens is 394 g/mol. The number of nitrogens with one attached hydrogen (secondary N) is 1. The van der Waals surface area contributed by atoms with Gasteiger partial charge in [-0.05, 0) is 44.5 Å². The third-order valence-corrected chi connectivity index (χ3v) is 5.46. The first-order valence-corrected chi connectivity index (χ1v) is 10.2. The number of nitro groups is 1. The lowest BCUT2D eigenvalue weighted by atomic mass is 9.84. The van der Waals surface area contributed by atoms with Crippen molar-refractivity contribution in [2.24, 2.45) is 0 Å². The highest BCUT2D eigenvalue weighted by Crippen LogP contribution is 2.43. The normalized spacial score (nSPS) is 19.0. The monoisotopic (exact) mass is 419 g/mol. The Hall–Kier alpha value is -2.68. The van der Waals surface area contributed by atoms with E-state index in [1.165, 1.54) is 13.2 Å². The van der Waals surface area contributed by atoms with Gasteiger partial charge in [0.25, 0.3) is 5.69 Å². The Morgan fingerprint density at radius 2 is 2.07 bits per heavy atom. The van der Waals surface area contributed by atoms with Gasteiger partial charge in [-0.15, -0.1) is 0 Å². The van der Waals surface area contributed by atoms with Crippen LogP contribution in [0.15, 0.2) is 23.4 Å². The first kappa shape index (κ1) is 21.0. The van der Waals surface area contributed by atoms with Crippen LogP contribution in [0.2, 0.25) is 0 Å². The molecule has 9 heteroatoms. The van der Waals surface area contributed by atoms with Gasteiger partial charge in [-0.2, -0.15) is 0 Å². The fourth-order valence-electron chi connectivity index (χ4n) is 3.93. The number of methoxy groups -OCH3 is 1. The van der Waals surface area contributed by atoms with E-state index in [-0.39, 0.29) is 17.2 Å². The van der Waals surface area contributed by atoms with E-state index in [0.717, 1.165) is 25.0 Å². The molecule has 1 aromatic rings. The molecule has 1 aliphatic heterocycles. The maximum atomic E-state index is 12.9. The zero-order valence-electron chi connectivity index (χ0n) is 16.8. The number of allylic oxidation sites excluding steroid dienone is 1. The number of thiocarbonyl (C=S) groups is 1. The molecule has 1 N–H and O–H groups in total. The van der Waals surface area contributed by atoms with E-state index in [1.54, 1.807) is 6.07 Å². The second kappa shape index (κ2) is 8.77. The number of Topliss-reactive ketones (excluding diaryl/α,β-unsaturated/α-hetero) is 1. The largest absolute Gasteiger partial charge is 0.493 e. The van der Waals surface area contributed by atoms with E-state index in [4.69, 9.17) is 21.7 Å². The maximum absolute atomic E-state index is 12.9. The standard InChI is InChI=1S/C20H25N3O5S/c1-4-9-22-13-7-6-8-15(24)18(13)19(21-20(22)29)12-10-17(28-5-2)16(27-3)11-14(12)23(25)26/h10-11,19H,4-9H2,1-3H3,(H,21,29). The van der Waals surface area contributed by atoms with Crippen LogP contribution in [-0.2, 0) is 4.79 Å². The Bertz CT molecular complexity index is 883. The number of hydrogen-bond donors (Lipinski definition) is 1. The first-order chi connectivity index (χ1) is 13.9. The predicted octanol–water partition coefficient (Wildman–Crippen LogP) is 3.65. The number of ether oxygens (including phenoxy) is 2. The Morgan fingerprint density at radius 1 is 1.31 bits per heavy atom. The van der Waals surface area contributed by atoms with Crippen LogP contribution in [0.4, 0.5) is 5.69 Å². The molecule has 0 aromatic heterocycles.